The minimum absolute atomic E-state index is 0.00676. The molecule has 0 aliphatic carbocycles. The van der Waals surface area contributed by atoms with Crippen molar-refractivity contribution in [3.8, 4) is 0 Å². The van der Waals surface area contributed by atoms with Crippen LogP contribution in [-0.2, 0) is 16.0 Å². The van der Waals surface area contributed by atoms with Gasteiger partial charge in [-0.25, -0.2) is 9.78 Å². The van der Waals surface area contributed by atoms with Gasteiger partial charge >= 0.3 is 5.97 Å². The van der Waals surface area contributed by atoms with E-state index in [-0.39, 0.29) is 57.5 Å². The molecule has 4 heterocycles. The average Bonchev–Trinajstić information content (AvgIpc) is 3.39. The maximum absolute atomic E-state index is 13.6. The highest BCUT2D eigenvalue weighted by Gasteiger charge is 2.24. The molecule has 0 bridgehead atoms. The third kappa shape index (κ3) is 4.84. The molecule has 9 nitrogen and oxygen atoms in total. The number of amides is 1. The zero-order valence-electron chi connectivity index (χ0n) is 20.7. The Morgan fingerprint density at radius 1 is 1.18 bits per heavy atom. The van der Waals surface area contributed by atoms with E-state index in [0.717, 1.165) is 18.4 Å². The largest absolute Gasteiger partial charge is 0.462 e. The molecule has 1 fully saturated rings. The fraction of sp³-hybridized carbons (Fsp3) is 0.296. The number of hydrogen-bond donors (Lipinski definition) is 0. The van der Waals surface area contributed by atoms with Crippen LogP contribution in [0.15, 0.2) is 52.4 Å². The quantitative estimate of drug-likeness (QED) is 0.268. The Morgan fingerprint density at radius 2 is 2.00 bits per heavy atom. The summed E-state index contributed by atoms with van der Waals surface area (Å²) in [5.41, 5.74) is 1.23. The van der Waals surface area contributed by atoms with Gasteiger partial charge in [0.1, 0.15) is 16.9 Å². The number of rotatable bonds is 5. The number of esters is 1. The monoisotopic (exact) mass is 554 g/mol. The number of aryl methyl sites for hydroxylation is 1. The first-order valence-corrected chi connectivity index (χ1v) is 12.9. The molecule has 1 atom stereocenters. The Labute approximate surface area is 227 Å². The predicted octanol–water partition coefficient (Wildman–Crippen LogP) is 4.36. The topological polar surface area (TPSA) is 104 Å². The number of halogens is 2. The van der Waals surface area contributed by atoms with Crippen LogP contribution in [0.3, 0.4) is 0 Å². The van der Waals surface area contributed by atoms with Crippen molar-refractivity contribution in [1.29, 1.82) is 0 Å². The maximum Gasteiger partial charge on any atom is 0.341 e. The molecule has 11 heteroatoms. The zero-order chi connectivity index (χ0) is 27.0. The lowest BCUT2D eigenvalue weighted by Crippen LogP contribution is -2.35. The summed E-state index contributed by atoms with van der Waals surface area (Å²) in [5, 5.41) is 0.670. The molecule has 0 unspecified atom stereocenters. The fourth-order valence-corrected chi connectivity index (χ4v) is 5.04. The number of carbonyl (C=O) groups excluding carboxylic acids is 2. The summed E-state index contributed by atoms with van der Waals surface area (Å²) >= 11 is 12.3. The van der Waals surface area contributed by atoms with Crippen molar-refractivity contribution in [3.63, 3.8) is 0 Å². The Balaban J connectivity index is 1.88. The lowest BCUT2D eigenvalue weighted by Gasteiger charge is -2.18. The summed E-state index contributed by atoms with van der Waals surface area (Å²) in [4.78, 5) is 49.2. The van der Waals surface area contributed by atoms with Crippen LogP contribution in [0.4, 0.5) is 0 Å². The molecule has 1 aliphatic heterocycles. The van der Waals surface area contributed by atoms with Gasteiger partial charge in [0, 0.05) is 17.8 Å². The number of ether oxygens (including phenoxy) is 2. The van der Waals surface area contributed by atoms with E-state index in [1.54, 1.807) is 23.8 Å². The number of nitrogens with zero attached hydrogens (tertiary/aromatic N) is 4. The molecule has 1 aliphatic rings. The van der Waals surface area contributed by atoms with Crippen molar-refractivity contribution in [3.05, 3.63) is 85.2 Å². The number of carbonyl (C=O) groups is 2. The van der Waals surface area contributed by atoms with Gasteiger partial charge in [-0.1, -0.05) is 29.3 Å². The number of benzene rings is 1. The zero-order valence-corrected chi connectivity index (χ0v) is 22.3. The molecular formula is C27H24Cl2N4O5. The van der Waals surface area contributed by atoms with Gasteiger partial charge in [0.05, 0.1) is 35.2 Å². The standard InChI is InChI=1S/C27H24Cl2N4O5/c1-3-37-27(36)20-13-19-23(30-22-15(2)6-4-10-32(22)26(19)35)33(14-17-7-5-11-38-17)24(20)31-25(34)18-9-8-16(28)12-21(18)29/h4,6,8-10,12-13,17H,3,5,7,11,14H2,1-2H3/t17-/m0/s1. The Hall–Kier alpha value is -3.53. The first kappa shape index (κ1) is 26.1. The minimum atomic E-state index is -0.724. The molecule has 1 amide bonds. The van der Waals surface area contributed by atoms with Crippen molar-refractivity contribution in [2.24, 2.45) is 4.99 Å². The Bertz CT molecular complexity index is 1720. The molecule has 0 N–H and O–H groups in total. The van der Waals surface area contributed by atoms with Gasteiger partial charge in [-0.3, -0.25) is 14.0 Å². The van der Waals surface area contributed by atoms with E-state index in [0.29, 0.717) is 17.3 Å². The average molecular weight is 555 g/mol. The van der Waals surface area contributed by atoms with E-state index in [2.05, 4.69) is 4.99 Å². The van der Waals surface area contributed by atoms with Crippen molar-refractivity contribution in [1.82, 2.24) is 14.0 Å². The van der Waals surface area contributed by atoms with Crippen LogP contribution in [0.1, 0.15) is 46.0 Å². The van der Waals surface area contributed by atoms with Gasteiger partial charge in [-0.2, -0.15) is 4.99 Å². The van der Waals surface area contributed by atoms with Crippen LogP contribution < -0.4 is 11.0 Å². The molecule has 1 saturated heterocycles. The summed E-state index contributed by atoms with van der Waals surface area (Å²) in [5.74, 6) is -1.41. The summed E-state index contributed by atoms with van der Waals surface area (Å²) in [6.07, 6.45) is 3.03. The maximum atomic E-state index is 13.6. The summed E-state index contributed by atoms with van der Waals surface area (Å²) in [6, 6.07) is 9.42. The molecule has 1 aromatic carbocycles. The second-order valence-corrected chi connectivity index (χ2v) is 9.77. The van der Waals surface area contributed by atoms with Gasteiger partial charge in [0.2, 0.25) is 0 Å². The van der Waals surface area contributed by atoms with Crippen LogP contribution in [0.25, 0.3) is 16.7 Å². The fourth-order valence-electron chi connectivity index (χ4n) is 4.55. The lowest BCUT2D eigenvalue weighted by atomic mass is 10.1. The number of hydrogen-bond acceptors (Lipinski definition) is 6. The summed E-state index contributed by atoms with van der Waals surface area (Å²) in [6.45, 7) is 4.42. The van der Waals surface area contributed by atoms with E-state index in [1.807, 2.05) is 13.0 Å². The molecule has 0 saturated carbocycles. The molecule has 4 aromatic rings. The van der Waals surface area contributed by atoms with Gasteiger partial charge in [0.15, 0.2) is 5.49 Å². The SMILES string of the molecule is CCOC(=O)c1cc2c(=O)n3cccc(C)c3nc2n(C[C@@H]2CCCO2)c1=NC(=O)c1ccc(Cl)cc1Cl. The number of fused-ring (bicyclic) bond motifs is 2. The Morgan fingerprint density at radius 3 is 2.71 bits per heavy atom. The number of aromatic nitrogens is 3. The smallest absolute Gasteiger partial charge is 0.341 e. The van der Waals surface area contributed by atoms with Crippen LogP contribution in [0.5, 0.6) is 0 Å². The normalized spacial score (nSPS) is 15.9. The van der Waals surface area contributed by atoms with Crippen molar-refractivity contribution in [2.75, 3.05) is 13.2 Å². The van der Waals surface area contributed by atoms with Crippen molar-refractivity contribution < 1.29 is 19.1 Å². The van der Waals surface area contributed by atoms with Crippen LogP contribution in [0.2, 0.25) is 10.0 Å². The predicted molar refractivity (Wildman–Crippen MR) is 143 cm³/mol. The number of pyridine rings is 2. The first-order valence-electron chi connectivity index (χ1n) is 12.2. The van der Waals surface area contributed by atoms with Crippen LogP contribution in [-0.4, -0.2) is 45.1 Å². The second kappa shape index (κ2) is 10.7. The Kier molecular flexibility index (Phi) is 7.34. The lowest BCUT2D eigenvalue weighted by molar-refractivity contribution is 0.0521. The minimum Gasteiger partial charge on any atom is -0.462 e. The molecule has 3 aromatic heterocycles. The van der Waals surface area contributed by atoms with Gasteiger partial charge in [0.25, 0.3) is 11.5 Å². The van der Waals surface area contributed by atoms with E-state index in [4.69, 9.17) is 37.7 Å². The van der Waals surface area contributed by atoms with E-state index in [1.165, 1.54) is 28.7 Å². The van der Waals surface area contributed by atoms with Crippen molar-refractivity contribution >= 4 is 51.8 Å². The molecule has 0 spiro atoms. The van der Waals surface area contributed by atoms with Crippen LogP contribution >= 0.6 is 23.2 Å². The molecule has 0 radical (unpaired) electrons. The van der Waals surface area contributed by atoms with E-state index in [9.17, 15) is 14.4 Å². The van der Waals surface area contributed by atoms with Gasteiger partial charge < -0.3 is 14.0 Å². The highest BCUT2D eigenvalue weighted by Crippen LogP contribution is 2.22. The third-order valence-electron chi connectivity index (χ3n) is 6.38. The van der Waals surface area contributed by atoms with E-state index < -0.39 is 11.9 Å². The van der Waals surface area contributed by atoms with Gasteiger partial charge in [-0.05, 0) is 62.6 Å². The van der Waals surface area contributed by atoms with E-state index >= 15 is 0 Å². The first-order chi connectivity index (χ1) is 18.3. The highest BCUT2D eigenvalue weighted by atomic mass is 35.5. The van der Waals surface area contributed by atoms with Gasteiger partial charge in [-0.15, -0.1) is 0 Å². The molecule has 196 valence electrons. The molecule has 5 rings (SSSR count). The third-order valence-corrected chi connectivity index (χ3v) is 6.93. The summed E-state index contributed by atoms with van der Waals surface area (Å²) in [7, 11) is 0. The molecule has 38 heavy (non-hydrogen) atoms. The van der Waals surface area contributed by atoms with Crippen LogP contribution in [0, 0.1) is 6.92 Å². The highest BCUT2D eigenvalue weighted by molar-refractivity contribution is 6.36. The summed E-state index contributed by atoms with van der Waals surface area (Å²) < 4.78 is 14.2. The molecular weight excluding hydrogens is 531 g/mol. The van der Waals surface area contributed by atoms with Crippen molar-refractivity contribution in [2.45, 2.75) is 39.3 Å². The second-order valence-electron chi connectivity index (χ2n) is 8.93.